The van der Waals surface area contributed by atoms with Gasteiger partial charge in [-0.1, -0.05) is 140 Å². The first kappa shape index (κ1) is 47.0. The van der Waals surface area contributed by atoms with Crippen molar-refractivity contribution in [2.24, 2.45) is 0 Å². The third-order valence-electron chi connectivity index (χ3n) is 8.01. The third-order valence-corrected chi connectivity index (χ3v) is 8.50. The summed E-state index contributed by atoms with van der Waals surface area (Å²) in [5, 5.41) is 9.53. The number of allylic oxidation sites excluding steroid dienone is 8. The number of carbonyl (C=O) groups is 2. The number of hydrogen-bond donors (Lipinski definition) is 3. The van der Waals surface area contributed by atoms with Crippen LogP contribution < -0.4 is 0 Å². The van der Waals surface area contributed by atoms with Gasteiger partial charge in [0.25, 0.3) is 0 Å². The second kappa shape index (κ2) is 34.4. The van der Waals surface area contributed by atoms with Gasteiger partial charge in [0, 0.05) is 12.8 Å². The molecule has 0 spiro atoms. The summed E-state index contributed by atoms with van der Waals surface area (Å²) in [6, 6.07) is 0. The van der Waals surface area contributed by atoms with Crippen molar-refractivity contribution in [3.8, 4) is 0 Å². The summed E-state index contributed by atoms with van der Waals surface area (Å²) < 4.78 is 26.2. The molecule has 284 valence electrons. The molecule has 9 nitrogen and oxygen atoms in total. The topological polar surface area (TPSA) is 140 Å². The first-order valence-electron chi connectivity index (χ1n) is 19.0. The smallest absolute Gasteiger partial charge is 0.462 e. The quantitative estimate of drug-likeness (QED) is 0.0257. The van der Waals surface area contributed by atoms with Crippen LogP contribution in [-0.4, -0.2) is 52.3 Å². The van der Waals surface area contributed by atoms with E-state index in [1.54, 1.807) is 0 Å². The molecule has 0 amide bonds. The molecule has 0 aromatic carbocycles. The minimum Gasteiger partial charge on any atom is -0.462 e. The summed E-state index contributed by atoms with van der Waals surface area (Å²) in [6.07, 6.45) is 37.8. The number of unbranched alkanes of at least 4 members (excludes halogenated alkanes) is 13. The van der Waals surface area contributed by atoms with Gasteiger partial charge in [-0.15, -0.1) is 0 Å². The highest BCUT2D eigenvalue weighted by molar-refractivity contribution is 7.46. The van der Waals surface area contributed by atoms with E-state index in [2.05, 4.69) is 47.9 Å². The van der Waals surface area contributed by atoms with E-state index in [4.69, 9.17) is 19.3 Å². The van der Waals surface area contributed by atoms with E-state index in [0.717, 1.165) is 51.4 Å². The predicted molar refractivity (Wildman–Crippen MR) is 199 cm³/mol. The molecule has 3 N–H and O–H groups in total. The fraction of sp³-hybridized carbons (Fsp3) is 0.744. The fourth-order valence-corrected chi connectivity index (χ4v) is 5.35. The average Bonchev–Trinajstić information content (AvgIpc) is 3.07. The molecule has 0 aliphatic rings. The van der Waals surface area contributed by atoms with Crippen LogP contribution in [0.25, 0.3) is 0 Å². The van der Waals surface area contributed by atoms with Crippen molar-refractivity contribution in [2.75, 3.05) is 13.2 Å². The van der Waals surface area contributed by atoms with Gasteiger partial charge in [-0.25, -0.2) is 4.57 Å². The third kappa shape index (κ3) is 37.1. The molecule has 0 rings (SSSR count). The Balaban J connectivity index is 4.09. The van der Waals surface area contributed by atoms with Crippen molar-refractivity contribution in [3.63, 3.8) is 0 Å². The maximum absolute atomic E-state index is 12.3. The second-order valence-electron chi connectivity index (χ2n) is 12.7. The molecule has 0 fully saturated rings. The zero-order valence-electron chi connectivity index (χ0n) is 30.7. The molecule has 0 aliphatic carbocycles. The van der Waals surface area contributed by atoms with Crippen molar-refractivity contribution in [1.29, 1.82) is 0 Å². The highest BCUT2D eigenvalue weighted by Gasteiger charge is 2.22. The Bertz CT molecular complexity index is 954. The molecular formula is C39H69O9P. The Morgan fingerprint density at radius 2 is 1.08 bits per heavy atom. The van der Waals surface area contributed by atoms with Gasteiger partial charge >= 0.3 is 19.8 Å². The SMILES string of the molecule is CCCCCCCCCCCCCCCC(=O)OC[C@H](COP(=O)(O)O)OC(=O)CCC/C=C\C/C=C\C/C=C\C/C=C\CC[C@H](O)CC. The number of ether oxygens (including phenoxy) is 2. The summed E-state index contributed by atoms with van der Waals surface area (Å²) in [5.74, 6) is -0.969. The first-order chi connectivity index (χ1) is 23.7. The molecule has 0 aromatic heterocycles. The first-order valence-corrected chi connectivity index (χ1v) is 20.5. The van der Waals surface area contributed by atoms with Gasteiger partial charge in [0.1, 0.15) is 6.61 Å². The van der Waals surface area contributed by atoms with Gasteiger partial charge in [0.15, 0.2) is 6.10 Å². The number of aliphatic hydroxyl groups excluding tert-OH is 1. The maximum atomic E-state index is 12.3. The number of hydrogen-bond acceptors (Lipinski definition) is 7. The molecular weight excluding hydrogens is 643 g/mol. The lowest BCUT2D eigenvalue weighted by molar-refractivity contribution is -0.161. The van der Waals surface area contributed by atoms with E-state index in [1.807, 2.05) is 19.1 Å². The van der Waals surface area contributed by atoms with Crippen molar-refractivity contribution in [1.82, 2.24) is 0 Å². The van der Waals surface area contributed by atoms with Crippen LogP contribution in [0.4, 0.5) is 0 Å². The zero-order chi connectivity index (χ0) is 36.3. The minimum atomic E-state index is -4.77. The Kier molecular flexibility index (Phi) is 33.0. The summed E-state index contributed by atoms with van der Waals surface area (Å²) in [6.45, 7) is 3.35. The van der Waals surface area contributed by atoms with Gasteiger partial charge in [-0.05, 0) is 57.8 Å². The van der Waals surface area contributed by atoms with E-state index in [-0.39, 0.29) is 25.6 Å². The second-order valence-corrected chi connectivity index (χ2v) is 13.9. The number of carbonyl (C=O) groups excluding carboxylic acids is 2. The lowest BCUT2D eigenvalue weighted by Gasteiger charge is -2.18. The van der Waals surface area contributed by atoms with Crippen molar-refractivity contribution >= 4 is 19.8 Å². The van der Waals surface area contributed by atoms with Crippen LogP contribution in [0.3, 0.4) is 0 Å². The van der Waals surface area contributed by atoms with Crippen LogP contribution in [0.5, 0.6) is 0 Å². The van der Waals surface area contributed by atoms with Gasteiger partial charge in [0.05, 0.1) is 12.7 Å². The summed E-state index contributed by atoms with van der Waals surface area (Å²) in [5.41, 5.74) is 0. The average molecular weight is 713 g/mol. The molecule has 0 bridgehead atoms. The molecule has 0 saturated heterocycles. The van der Waals surface area contributed by atoms with Crippen LogP contribution in [0.15, 0.2) is 48.6 Å². The van der Waals surface area contributed by atoms with Crippen molar-refractivity contribution in [2.45, 2.75) is 174 Å². The number of rotatable bonds is 34. The zero-order valence-corrected chi connectivity index (χ0v) is 31.6. The fourth-order valence-electron chi connectivity index (χ4n) is 4.99. The van der Waals surface area contributed by atoms with Gasteiger partial charge in [-0.2, -0.15) is 0 Å². The largest absolute Gasteiger partial charge is 0.469 e. The minimum absolute atomic E-state index is 0.123. The molecule has 0 heterocycles. The maximum Gasteiger partial charge on any atom is 0.469 e. The predicted octanol–water partition coefficient (Wildman–Crippen LogP) is 10.1. The standard InChI is InChI=1S/C39H69O9P/c1-3-5-6-7-8-9-10-13-17-20-23-26-29-32-38(41)46-34-37(35-47-49(43,44)45)48-39(42)33-30-27-24-21-18-15-12-11-14-16-19-22-25-28-31-36(40)4-2/h12,14-16,21-22,24-25,36-37,40H,3-11,13,17-20,23,26-35H2,1-2H3,(H2,43,44,45)/b15-12-,16-14-,24-21-,25-22-/t36-,37-/m1/s1. The molecule has 2 atom stereocenters. The van der Waals surface area contributed by atoms with Crippen LogP contribution in [0, 0.1) is 0 Å². The number of phosphoric ester groups is 1. The van der Waals surface area contributed by atoms with Gasteiger partial charge < -0.3 is 24.4 Å². The number of aliphatic hydroxyl groups is 1. The Morgan fingerprint density at radius 3 is 1.59 bits per heavy atom. The Morgan fingerprint density at radius 1 is 0.612 bits per heavy atom. The molecule has 49 heavy (non-hydrogen) atoms. The molecule has 0 aromatic rings. The molecule has 0 radical (unpaired) electrons. The van der Waals surface area contributed by atoms with Crippen LogP contribution in [0.1, 0.15) is 162 Å². The van der Waals surface area contributed by atoms with Crippen LogP contribution in [-0.2, 0) is 28.2 Å². The summed E-state index contributed by atoms with van der Waals surface area (Å²) in [4.78, 5) is 42.7. The summed E-state index contributed by atoms with van der Waals surface area (Å²) >= 11 is 0. The Hall–Kier alpha value is -2.03. The van der Waals surface area contributed by atoms with E-state index in [0.29, 0.717) is 19.3 Å². The van der Waals surface area contributed by atoms with Crippen LogP contribution >= 0.6 is 7.82 Å². The lowest BCUT2D eigenvalue weighted by atomic mass is 10.0. The molecule has 10 heteroatoms. The van der Waals surface area contributed by atoms with E-state index >= 15 is 0 Å². The summed E-state index contributed by atoms with van der Waals surface area (Å²) in [7, 11) is -4.77. The highest BCUT2D eigenvalue weighted by Crippen LogP contribution is 2.36. The van der Waals surface area contributed by atoms with Gasteiger partial charge in [-0.3, -0.25) is 14.1 Å². The number of esters is 2. The van der Waals surface area contributed by atoms with Crippen LogP contribution in [0.2, 0.25) is 0 Å². The lowest BCUT2D eigenvalue weighted by Crippen LogP contribution is -2.29. The van der Waals surface area contributed by atoms with Crippen molar-refractivity contribution in [3.05, 3.63) is 48.6 Å². The number of phosphoric acid groups is 1. The van der Waals surface area contributed by atoms with E-state index < -0.39 is 32.5 Å². The van der Waals surface area contributed by atoms with E-state index in [1.165, 1.54) is 64.2 Å². The van der Waals surface area contributed by atoms with Crippen molar-refractivity contribution < 1.29 is 43.0 Å². The molecule has 0 aliphatic heterocycles. The van der Waals surface area contributed by atoms with E-state index in [9.17, 15) is 19.3 Å². The Labute approximate surface area is 297 Å². The van der Waals surface area contributed by atoms with Gasteiger partial charge in [0.2, 0.25) is 0 Å². The molecule has 0 saturated carbocycles. The molecule has 0 unspecified atom stereocenters. The monoisotopic (exact) mass is 712 g/mol. The highest BCUT2D eigenvalue weighted by atomic mass is 31.2. The normalized spacial score (nSPS) is 13.7.